The smallest absolute Gasteiger partial charge is 0.133 e. The highest BCUT2D eigenvalue weighted by Gasteiger charge is 2.43. The topological polar surface area (TPSA) is 50.1 Å². The summed E-state index contributed by atoms with van der Waals surface area (Å²) in [4.78, 5) is 12.0. The Kier molecular flexibility index (Phi) is 7.86. The highest BCUT2D eigenvalue weighted by Crippen LogP contribution is 2.50. The quantitative estimate of drug-likeness (QED) is 0.390. The number of nitriles is 1. The summed E-state index contributed by atoms with van der Waals surface area (Å²) in [6.45, 7) is 2.99. The minimum absolute atomic E-state index is 0.269. The molecule has 2 saturated carbocycles. The minimum Gasteiger partial charge on any atom is -0.494 e. The van der Waals surface area contributed by atoms with E-state index in [1.807, 2.05) is 0 Å². The molecule has 33 heavy (non-hydrogen) atoms. The number of nitrogens with zero attached hydrogens (tertiary/aromatic N) is 1. The maximum Gasteiger partial charge on any atom is 0.133 e. The summed E-state index contributed by atoms with van der Waals surface area (Å²) in [5.74, 6) is 2.08. The van der Waals surface area contributed by atoms with Gasteiger partial charge in [-0.05, 0) is 85.6 Å². The third kappa shape index (κ3) is 5.67. The molecule has 0 unspecified atom stereocenters. The van der Waals surface area contributed by atoms with Crippen LogP contribution in [0.3, 0.4) is 0 Å². The molecule has 0 bridgehead atoms. The van der Waals surface area contributed by atoms with Crippen LogP contribution < -0.4 is 4.74 Å². The Hall–Kier alpha value is -2.60. The van der Waals surface area contributed by atoms with Crippen molar-refractivity contribution in [2.75, 3.05) is 6.61 Å². The predicted octanol–water partition coefficient (Wildman–Crippen LogP) is 7.85. The fourth-order valence-electron chi connectivity index (χ4n) is 5.81. The van der Waals surface area contributed by atoms with E-state index in [1.165, 1.54) is 29.5 Å². The van der Waals surface area contributed by atoms with Gasteiger partial charge in [0.2, 0.25) is 0 Å². The van der Waals surface area contributed by atoms with E-state index in [9.17, 15) is 10.1 Å². The molecule has 2 aromatic carbocycles. The molecule has 2 fully saturated rings. The van der Waals surface area contributed by atoms with Gasteiger partial charge >= 0.3 is 0 Å². The highest BCUT2D eigenvalue weighted by molar-refractivity contribution is 5.79. The predicted molar refractivity (Wildman–Crippen MR) is 133 cm³/mol. The molecule has 174 valence electrons. The molecular weight excluding hydrogens is 406 g/mol. The number of hydrogen-bond donors (Lipinski definition) is 0. The van der Waals surface area contributed by atoms with Crippen LogP contribution in [0.2, 0.25) is 0 Å². The van der Waals surface area contributed by atoms with Crippen molar-refractivity contribution in [2.45, 2.75) is 83.5 Å². The Morgan fingerprint density at radius 3 is 2.24 bits per heavy atom. The lowest BCUT2D eigenvalue weighted by molar-refractivity contribution is -0.123. The van der Waals surface area contributed by atoms with Gasteiger partial charge in [-0.2, -0.15) is 5.26 Å². The van der Waals surface area contributed by atoms with Gasteiger partial charge in [0.1, 0.15) is 11.5 Å². The summed E-state index contributed by atoms with van der Waals surface area (Å²) >= 11 is 0. The molecule has 2 aromatic rings. The number of carbonyl (C=O) groups is 1. The summed E-state index contributed by atoms with van der Waals surface area (Å²) in [6, 6.07) is 20.0. The number of unbranched alkanes of at least 4 members (excludes halogenated alkanes) is 2. The van der Waals surface area contributed by atoms with Crippen LogP contribution in [0.5, 0.6) is 5.75 Å². The lowest BCUT2D eigenvalue weighted by atomic mass is 9.60. The van der Waals surface area contributed by atoms with E-state index in [1.54, 1.807) is 0 Å². The fraction of sp³-hybridized carbons (Fsp3) is 0.533. The molecule has 0 aliphatic heterocycles. The lowest BCUT2D eigenvalue weighted by Crippen LogP contribution is -2.36. The normalized spacial score (nSPS) is 25.4. The van der Waals surface area contributed by atoms with Crippen LogP contribution in [-0.2, 0) is 4.79 Å². The van der Waals surface area contributed by atoms with Gasteiger partial charge in [0.25, 0.3) is 0 Å². The second kappa shape index (κ2) is 11.0. The first kappa shape index (κ1) is 23.6. The average molecular weight is 444 g/mol. The van der Waals surface area contributed by atoms with Crippen LogP contribution >= 0.6 is 0 Å². The first-order chi connectivity index (χ1) is 16.1. The highest BCUT2D eigenvalue weighted by atomic mass is 16.5. The number of benzene rings is 2. The summed E-state index contributed by atoms with van der Waals surface area (Å²) in [7, 11) is 0. The summed E-state index contributed by atoms with van der Waals surface area (Å²) < 4.78 is 5.83. The Morgan fingerprint density at radius 1 is 0.970 bits per heavy atom. The summed E-state index contributed by atoms with van der Waals surface area (Å²) in [6.07, 6.45) is 10.8. The largest absolute Gasteiger partial charge is 0.494 e. The van der Waals surface area contributed by atoms with Crippen LogP contribution in [0.4, 0.5) is 0 Å². The second-order valence-electron chi connectivity index (χ2n) is 10.1. The maximum absolute atomic E-state index is 12.0. The first-order valence-corrected chi connectivity index (χ1v) is 12.9. The van der Waals surface area contributed by atoms with Gasteiger partial charge in [0.05, 0.1) is 18.1 Å². The van der Waals surface area contributed by atoms with Crippen LogP contribution in [-0.4, -0.2) is 12.4 Å². The molecule has 0 N–H and O–H groups in total. The van der Waals surface area contributed by atoms with E-state index in [-0.39, 0.29) is 11.3 Å². The van der Waals surface area contributed by atoms with Crippen molar-refractivity contribution in [1.82, 2.24) is 0 Å². The molecular formula is C30H37NO2. The third-order valence-electron chi connectivity index (χ3n) is 7.95. The number of carbonyl (C=O) groups excluding carboxylic acids is 1. The van der Waals surface area contributed by atoms with Crippen molar-refractivity contribution in [3.63, 3.8) is 0 Å². The average Bonchev–Trinajstić information content (AvgIpc) is 2.87. The number of Topliss-reactive ketones (excluding diaryl/α,β-unsaturated/α-hetero) is 1. The minimum atomic E-state index is -0.285. The molecule has 2 aliphatic carbocycles. The van der Waals surface area contributed by atoms with E-state index >= 15 is 0 Å². The zero-order valence-electron chi connectivity index (χ0n) is 20.0. The van der Waals surface area contributed by atoms with Crippen LogP contribution in [0.25, 0.3) is 11.1 Å². The molecule has 0 radical (unpaired) electrons. The van der Waals surface area contributed by atoms with E-state index in [4.69, 9.17) is 4.74 Å². The number of rotatable bonds is 8. The Balaban J connectivity index is 1.34. The molecule has 0 amide bonds. The van der Waals surface area contributed by atoms with Gasteiger partial charge in [-0.25, -0.2) is 0 Å². The van der Waals surface area contributed by atoms with Crippen molar-refractivity contribution < 1.29 is 9.53 Å². The van der Waals surface area contributed by atoms with Gasteiger partial charge < -0.3 is 4.74 Å². The van der Waals surface area contributed by atoms with Gasteiger partial charge in [-0.3, -0.25) is 4.79 Å². The lowest BCUT2D eigenvalue weighted by Gasteiger charge is -2.42. The van der Waals surface area contributed by atoms with E-state index in [0.29, 0.717) is 24.5 Å². The Morgan fingerprint density at radius 2 is 1.64 bits per heavy atom. The molecule has 3 nitrogen and oxygen atoms in total. The first-order valence-electron chi connectivity index (χ1n) is 12.9. The second-order valence-corrected chi connectivity index (χ2v) is 10.1. The van der Waals surface area contributed by atoms with Gasteiger partial charge in [-0.1, -0.05) is 56.2 Å². The van der Waals surface area contributed by atoms with E-state index in [2.05, 4.69) is 61.5 Å². The molecule has 1 atom stereocenters. The molecule has 2 aliphatic rings. The van der Waals surface area contributed by atoms with Crippen LogP contribution in [0.1, 0.15) is 89.0 Å². The zero-order chi connectivity index (χ0) is 23.1. The molecule has 0 heterocycles. The third-order valence-corrected chi connectivity index (χ3v) is 7.95. The molecule has 0 spiro atoms. The van der Waals surface area contributed by atoms with Gasteiger partial charge in [0.15, 0.2) is 0 Å². The van der Waals surface area contributed by atoms with E-state index in [0.717, 1.165) is 57.3 Å². The fourth-order valence-corrected chi connectivity index (χ4v) is 5.81. The SMILES string of the molecule is CCCCCOc1ccc(-c2ccc([C@H]3CC[C@@](C#N)([C@@H]4CCCC(=O)C4)CC3)cc2)cc1. The standard InChI is InChI=1S/C30H37NO2/c1-2-3-4-20-33-29-14-12-25(13-15-29)23-8-10-24(11-9-23)26-16-18-30(22-31,19-17-26)27-6-5-7-28(32)21-27/h8-15,26-27H,2-7,16-21H2,1H3/t26-,27-,30+/m1/s1. The van der Waals surface area contributed by atoms with Crippen LogP contribution in [0.15, 0.2) is 48.5 Å². The number of hydrogen-bond acceptors (Lipinski definition) is 3. The Labute approximate surface area is 199 Å². The molecule has 0 saturated heterocycles. The molecule has 0 aromatic heterocycles. The Bertz CT molecular complexity index is 946. The monoisotopic (exact) mass is 443 g/mol. The van der Waals surface area contributed by atoms with E-state index < -0.39 is 0 Å². The van der Waals surface area contributed by atoms with Crippen molar-refractivity contribution in [3.05, 3.63) is 54.1 Å². The van der Waals surface area contributed by atoms with Crippen molar-refractivity contribution in [2.24, 2.45) is 11.3 Å². The number of ketones is 1. The van der Waals surface area contributed by atoms with Gasteiger partial charge in [-0.15, -0.1) is 0 Å². The number of ether oxygens (including phenoxy) is 1. The van der Waals surface area contributed by atoms with Crippen molar-refractivity contribution >= 4 is 5.78 Å². The zero-order valence-corrected chi connectivity index (χ0v) is 20.0. The summed E-state index contributed by atoms with van der Waals surface area (Å²) in [5, 5.41) is 10.0. The van der Waals surface area contributed by atoms with Gasteiger partial charge in [0, 0.05) is 12.8 Å². The summed E-state index contributed by atoms with van der Waals surface area (Å²) in [5.41, 5.74) is 3.52. The molecule has 4 rings (SSSR count). The van der Waals surface area contributed by atoms with Crippen LogP contribution in [0, 0.1) is 22.7 Å². The maximum atomic E-state index is 12.0. The molecule has 3 heteroatoms. The van der Waals surface area contributed by atoms with Crippen molar-refractivity contribution in [1.29, 1.82) is 5.26 Å². The van der Waals surface area contributed by atoms with Crippen molar-refractivity contribution in [3.8, 4) is 22.9 Å².